The number of hydrogen-bond acceptors (Lipinski definition) is 4. The first-order valence-electron chi connectivity index (χ1n) is 9.30. The molecule has 0 saturated carbocycles. The van der Waals surface area contributed by atoms with Crippen molar-refractivity contribution in [3.63, 3.8) is 0 Å². The lowest BCUT2D eigenvalue weighted by atomic mass is 9.98. The number of carbonyl (C=O) groups is 1. The highest BCUT2D eigenvalue weighted by molar-refractivity contribution is 5.93. The van der Waals surface area contributed by atoms with Gasteiger partial charge in [0.1, 0.15) is 0 Å². The molecule has 1 aromatic carbocycles. The molecule has 9 heteroatoms. The molecule has 3 aromatic rings. The zero-order chi connectivity index (χ0) is 20.6. The minimum atomic E-state index is -4.66. The lowest BCUT2D eigenvalue weighted by Crippen LogP contribution is -2.39. The number of aromatic nitrogens is 3. The molecule has 152 valence electrons. The Kier molecular flexibility index (Phi) is 4.99. The predicted octanol–water partition coefficient (Wildman–Crippen LogP) is 3.26. The normalized spacial score (nSPS) is 15.8. The van der Waals surface area contributed by atoms with E-state index in [0.717, 1.165) is 6.07 Å². The highest BCUT2D eigenvalue weighted by Gasteiger charge is 2.36. The summed E-state index contributed by atoms with van der Waals surface area (Å²) in [5.74, 6) is -0.284. The summed E-state index contributed by atoms with van der Waals surface area (Å²) in [5.41, 5.74) is -0.393. The number of likely N-dealkylation sites (tertiary alicyclic amines) is 1. The maximum atomic E-state index is 13.7. The second kappa shape index (κ2) is 7.47. The van der Waals surface area contributed by atoms with Gasteiger partial charge in [-0.1, -0.05) is 30.3 Å². The van der Waals surface area contributed by atoms with E-state index in [4.69, 9.17) is 0 Å². The summed E-state index contributed by atoms with van der Waals surface area (Å²) < 4.78 is 41.6. The average molecular weight is 404 g/mol. The summed E-state index contributed by atoms with van der Waals surface area (Å²) in [6.45, 7) is 0.941. The first-order valence-corrected chi connectivity index (χ1v) is 9.30. The molecule has 0 spiro atoms. The smallest absolute Gasteiger partial charge is 0.396 e. The van der Waals surface area contributed by atoms with Crippen LogP contribution in [-0.4, -0.2) is 50.2 Å². The summed E-state index contributed by atoms with van der Waals surface area (Å²) in [4.78, 5) is 18.6. The number of amides is 1. The van der Waals surface area contributed by atoms with E-state index in [2.05, 4.69) is 10.1 Å². The third-order valence-electron chi connectivity index (χ3n) is 5.17. The molecule has 4 rings (SSSR count). The van der Waals surface area contributed by atoms with Crippen molar-refractivity contribution in [1.82, 2.24) is 19.5 Å². The molecule has 1 saturated heterocycles. The van der Waals surface area contributed by atoms with E-state index in [9.17, 15) is 23.1 Å². The van der Waals surface area contributed by atoms with Gasteiger partial charge in [0.05, 0.1) is 5.69 Å². The molecule has 3 heterocycles. The average Bonchev–Trinajstić information content (AvgIpc) is 3.16. The molecule has 1 aliphatic heterocycles. The second-order valence-electron chi connectivity index (χ2n) is 7.11. The van der Waals surface area contributed by atoms with Gasteiger partial charge in [0.25, 0.3) is 5.91 Å². The summed E-state index contributed by atoms with van der Waals surface area (Å²) >= 11 is 0. The topological polar surface area (TPSA) is 70.7 Å². The number of nitrogens with zero attached hydrogens (tertiary/aromatic N) is 4. The molecule has 6 nitrogen and oxygen atoms in total. The van der Waals surface area contributed by atoms with Crippen LogP contribution in [0.1, 0.15) is 29.0 Å². The van der Waals surface area contributed by atoms with Gasteiger partial charge in [0, 0.05) is 31.3 Å². The molecule has 0 unspecified atom stereocenters. The minimum Gasteiger partial charge on any atom is -0.396 e. The number of carbonyl (C=O) groups excluding carboxylic acids is 1. The van der Waals surface area contributed by atoms with Crippen molar-refractivity contribution in [1.29, 1.82) is 0 Å². The summed E-state index contributed by atoms with van der Waals surface area (Å²) in [5, 5.41) is 13.1. The van der Waals surface area contributed by atoms with Gasteiger partial charge >= 0.3 is 6.18 Å². The van der Waals surface area contributed by atoms with Gasteiger partial charge in [0.15, 0.2) is 17.0 Å². The van der Waals surface area contributed by atoms with Crippen molar-refractivity contribution < 1.29 is 23.1 Å². The van der Waals surface area contributed by atoms with Crippen molar-refractivity contribution in [2.75, 3.05) is 19.7 Å². The molecule has 0 bridgehead atoms. The van der Waals surface area contributed by atoms with Crippen molar-refractivity contribution in [2.24, 2.45) is 5.92 Å². The Morgan fingerprint density at radius 2 is 1.83 bits per heavy atom. The number of piperidine rings is 1. The first kappa shape index (κ1) is 19.4. The summed E-state index contributed by atoms with van der Waals surface area (Å²) in [7, 11) is 0. The predicted molar refractivity (Wildman–Crippen MR) is 99.1 cm³/mol. The largest absolute Gasteiger partial charge is 0.433 e. The zero-order valence-corrected chi connectivity index (χ0v) is 15.4. The minimum absolute atomic E-state index is 0.0349. The fourth-order valence-corrected chi connectivity index (χ4v) is 3.52. The maximum Gasteiger partial charge on any atom is 0.433 e. The van der Waals surface area contributed by atoms with E-state index in [-0.39, 0.29) is 29.6 Å². The van der Waals surface area contributed by atoms with Gasteiger partial charge in [0.2, 0.25) is 0 Å². The molecule has 29 heavy (non-hydrogen) atoms. The van der Waals surface area contributed by atoms with Crippen LogP contribution in [0.5, 0.6) is 0 Å². The number of alkyl halides is 3. The molecule has 1 aliphatic rings. The van der Waals surface area contributed by atoms with E-state index >= 15 is 0 Å². The summed E-state index contributed by atoms with van der Waals surface area (Å²) in [6, 6.07) is 10.8. The van der Waals surface area contributed by atoms with Gasteiger partial charge in [-0.2, -0.15) is 18.3 Å². The third-order valence-corrected chi connectivity index (χ3v) is 5.17. The van der Waals surface area contributed by atoms with E-state index in [1.165, 1.54) is 6.07 Å². The second-order valence-corrected chi connectivity index (χ2v) is 7.11. The van der Waals surface area contributed by atoms with E-state index in [0.29, 0.717) is 36.0 Å². The van der Waals surface area contributed by atoms with Crippen LogP contribution in [0.3, 0.4) is 0 Å². The van der Waals surface area contributed by atoms with Crippen molar-refractivity contribution >= 4 is 11.6 Å². The highest BCUT2D eigenvalue weighted by Crippen LogP contribution is 2.32. The van der Waals surface area contributed by atoms with E-state index < -0.39 is 17.8 Å². The Hall–Kier alpha value is -2.94. The van der Waals surface area contributed by atoms with Crippen molar-refractivity contribution in [2.45, 2.75) is 19.0 Å². The van der Waals surface area contributed by atoms with E-state index in [1.54, 1.807) is 35.2 Å². The molecule has 0 aliphatic carbocycles. The number of rotatable bonds is 3. The van der Waals surface area contributed by atoms with Crippen LogP contribution < -0.4 is 0 Å². The van der Waals surface area contributed by atoms with Gasteiger partial charge in [-0.25, -0.2) is 9.50 Å². The van der Waals surface area contributed by atoms with Crippen molar-refractivity contribution in [3.05, 3.63) is 53.9 Å². The quantitative estimate of drug-likeness (QED) is 0.728. The van der Waals surface area contributed by atoms with Crippen molar-refractivity contribution in [3.8, 4) is 11.3 Å². The van der Waals surface area contributed by atoms with Gasteiger partial charge < -0.3 is 10.0 Å². The number of benzene rings is 1. The standard InChI is InChI=1S/C20H19F3N4O2/c21-20(22,23)17-10-15(14-4-2-1-3-5-14)24-18-11-16(25-27(17)18)19(29)26-8-6-13(12-28)7-9-26/h1-5,10-11,13,28H,6-9,12H2. The summed E-state index contributed by atoms with van der Waals surface area (Å²) in [6.07, 6.45) is -3.35. The van der Waals surface area contributed by atoms with Crippen LogP contribution in [0.4, 0.5) is 13.2 Å². The first-order chi connectivity index (χ1) is 13.9. The number of aliphatic hydroxyl groups excluding tert-OH is 1. The Bertz CT molecular complexity index is 1030. The molecule has 2 aromatic heterocycles. The van der Waals surface area contributed by atoms with Crippen LogP contribution in [0.15, 0.2) is 42.5 Å². The fraction of sp³-hybridized carbons (Fsp3) is 0.350. The van der Waals surface area contributed by atoms with Crippen LogP contribution >= 0.6 is 0 Å². The SMILES string of the molecule is O=C(c1cc2nc(-c3ccccc3)cc(C(F)(F)F)n2n1)N1CCC(CO)CC1. The highest BCUT2D eigenvalue weighted by atomic mass is 19.4. The van der Waals surface area contributed by atoms with Gasteiger partial charge in [-0.3, -0.25) is 4.79 Å². The number of hydrogen-bond donors (Lipinski definition) is 1. The maximum absolute atomic E-state index is 13.7. The van der Waals surface area contributed by atoms with Crippen LogP contribution in [-0.2, 0) is 6.18 Å². The lowest BCUT2D eigenvalue weighted by molar-refractivity contribution is -0.142. The molecule has 0 atom stereocenters. The molecule has 1 N–H and O–H groups in total. The van der Waals surface area contributed by atoms with Crippen LogP contribution in [0.25, 0.3) is 16.9 Å². The number of aliphatic hydroxyl groups is 1. The molecule has 1 amide bonds. The number of halogens is 3. The fourth-order valence-electron chi connectivity index (χ4n) is 3.52. The molecule has 0 radical (unpaired) electrons. The molecular formula is C20H19F3N4O2. The Morgan fingerprint density at radius 1 is 1.14 bits per heavy atom. The van der Waals surface area contributed by atoms with Gasteiger partial charge in [-0.15, -0.1) is 0 Å². The molecule has 1 fully saturated rings. The number of fused-ring (bicyclic) bond motifs is 1. The zero-order valence-electron chi connectivity index (χ0n) is 15.4. The monoisotopic (exact) mass is 404 g/mol. The van der Waals surface area contributed by atoms with Gasteiger partial charge in [-0.05, 0) is 24.8 Å². The Balaban J connectivity index is 1.74. The third kappa shape index (κ3) is 3.82. The Labute approximate surface area is 164 Å². The molecular weight excluding hydrogens is 385 g/mol. The Morgan fingerprint density at radius 3 is 2.45 bits per heavy atom. The lowest BCUT2D eigenvalue weighted by Gasteiger charge is -2.30. The van der Waals surface area contributed by atoms with Crippen LogP contribution in [0.2, 0.25) is 0 Å². The van der Waals surface area contributed by atoms with Crippen LogP contribution in [0, 0.1) is 5.92 Å². The van der Waals surface area contributed by atoms with E-state index in [1.807, 2.05) is 0 Å².